The Hall–Kier alpha value is -0.0100. The van der Waals surface area contributed by atoms with Crippen LogP contribution < -0.4 is 0 Å². The molecule has 0 aliphatic rings. The van der Waals surface area contributed by atoms with Crippen molar-refractivity contribution in [2.75, 3.05) is 37.0 Å². The molecule has 0 aliphatic carbocycles. The summed E-state index contributed by atoms with van der Waals surface area (Å²) in [5, 5.41) is 0. The molecule has 0 amide bonds. The van der Waals surface area contributed by atoms with Crippen molar-refractivity contribution in [3.05, 3.63) is 0 Å². The SMILES string of the molecule is CCS(=O)(=O)CCCN(CCCl)CC(F)(F)F. The van der Waals surface area contributed by atoms with Crippen molar-refractivity contribution in [2.24, 2.45) is 0 Å². The van der Waals surface area contributed by atoms with Gasteiger partial charge < -0.3 is 0 Å². The topological polar surface area (TPSA) is 37.4 Å². The highest BCUT2D eigenvalue weighted by atomic mass is 35.5. The fraction of sp³-hybridized carbons (Fsp3) is 1.00. The molecule has 0 unspecified atom stereocenters. The van der Waals surface area contributed by atoms with Crippen molar-refractivity contribution < 1.29 is 21.6 Å². The first kappa shape index (κ1) is 17.0. The van der Waals surface area contributed by atoms with Crippen molar-refractivity contribution >= 4 is 21.4 Å². The minimum atomic E-state index is -4.28. The quantitative estimate of drug-likeness (QED) is 0.642. The van der Waals surface area contributed by atoms with Crippen molar-refractivity contribution in [3.8, 4) is 0 Å². The van der Waals surface area contributed by atoms with Crippen molar-refractivity contribution in [2.45, 2.75) is 19.5 Å². The number of hydrogen-bond acceptors (Lipinski definition) is 3. The Morgan fingerprint density at radius 1 is 1.24 bits per heavy atom. The van der Waals surface area contributed by atoms with Gasteiger partial charge in [0.2, 0.25) is 0 Å². The van der Waals surface area contributed by atoms with E-state index in [1.807, 2.05) is 0 Å². The van der Waals surface area contributed by atoms with Crippen molar-refractivity contribution in [1.29, 1.82) is 0 Å². The van der Waals surface area contributed by atoms with Gasteiger partial charge in [-0.15, -0.1) is 11.6 Å². The number of alkyl halides is 4. The third kappa shape index (κ3) is 9.67. The lowest BCUT2D eigenvalue weighted by Crippen LogP contribution is -2.36. The molecule has 0 fully saturated rings. The van der Waals surface area contributed by atoms with E-state index < -0.39 is 22.6 Å². The van der Waals surface area contributed by atoms with Gasteiger partial charge in [0.1, 0.15) is 9.84 Å². The third-order valence-corrected chi connectivity index (χ3v) is 4.13. The first-order chi connectivity index (χ1) is 7.70. The van der Waals surface area contributed by atoms with E-state index in [-0.39, 0.29) is 36.9 Å². The Morgan fingerprint density at radius 3 is 2.24 bits per heavy atom. The fourth-order valence-electron chi connectivity index (χ4n) is 1.30. The first-order valence-electron chi connectivity index (χ1n) is 5.25. The molecule has 0 aromatic heterocycles. The van der Waals surface area contributed by atoms with Gasteiger partial charge in [0.25, 0.3) is 0 Å². The van der Waals surface area contributed by atoms with E-state index in [2.05, 4.69) is 0 Å². The van der Waals surface area contributed by atoms with E-state index in [1.165, 1.54) is 6.92 Å². The highest BCUT2D eigenvalue weighted by Crippen LogP contribution is 2.16. The molecular formula is C9H17ClF3NO2S. The molecule has 3 nitrogen and oxygen atoms in total. The van der Waals surface area contributed by atoms with Gasteiger partial charge in [-0.25, -0.2) is 8.42 Å². The van der Waals surface area contributed by atoms with E-state index >= 15 is 0 Å². The van der Waals surface area contributed by atoms with Gasteiger partial charge in [-0.2, -0.15) is 13.2 Å². The Kier molecular flexibility index (Phi) is 7.43. The number of sulfone groups is 1. The summed E-state index contributed by atoms with van der Waals surface area (Å²) in [5.74, 6) is 0.0263. The smallest absolute Gasteiger partial charge is 0.294 e. The first-order valence-corrected chi connectivity index (χ1v) is 7.61. The summed E-state index contributed by atoms with van der Waals surface area (Å²) in [5.41, 5.74) is 0. The minimum Gasteiger partial charge on any atom is -0.294 e. The Bertz CT molecular complexity index is 306. The van der Waals surface area contributed by atoms with Crippen LogP contribution in [-0.4, -0.2) is 56.5 Å². The Balaban J connectivity index is 4.10. The molecule has 0 bridgehead atoms. The number of nitrogens with zero attached hydrogens (tertiary/aromatic N) is 1. The molecule has 0 N–H and O–H groups in total. The van der Waals surface area contributed by atoms with Gasteiger partial charge in [-0.05, 0) is 13.0 Å². The lowest BCUT2D eigenvalue weighted by atomic mass is 10.4. The normalized spacial score (nSPS) is 13.3. The molecule has 0 saturated carbocycles. The predicted octanol–water partition coefficient (Wildman–Crippen LogP) is 1.91. The largest absolute Gasteiger partial charge is 0.401 e. The second kappa shape index (κ2) is 7.43. The zero-order valence-electron chi connectivity index (χ0n) is 9.63. The van der Waals surface area contributed by atoms with Crippen molar-refractivity contribution in [3.63, 3.8) is 0 Å². The van der Waals surface area contributed by atoms with Gasteiger partial charge in [0.05, 0.1) is 12.3 Å². The zero-order valence-corrected chi connectivity index (χ0v) is 11.2. The van der Waals surface area contributed by atoms with Crippen molar-refractivity contribution in [1.82, 2.24) is 4.90 Å². The molecule has 0 aromatic carbocycles. The number of halogens is 4. The van der Waals surface area contributed by atoms with Gasteiger partial charge in [0.15, 0.2) is 0 Å². The van der Waals surface area contributed by atoms with Gasteiger partial charge in [-0.1, -0.05) is 6.92 Å². The maximum atomic E-state index is 12.2. The van der Waals surface area contributed by atoms with Crippen LogP contribution in [0.3, 0.4) is 0 Å². The molecule has 0 spiro atoms. The van der Waals surface area contributed by atoms with Crippen LogP contribution in [0.5, 0.6) is 0 Å². The highest BCUT2D eigenvalue weighted by Gasteiger charge is 2.30. The Morgan fingerprint density at radius 2 is 1.82 bits per heavy atom. The van der Waals surface area contributed by atoms with E-state index in [4.69, 9.17) is 11.6 Å². The average Bonchev–Trinajstić information content (AvgIpc) is 2.15. The van der Waals surface area contributed by atoms with Gasteiger partial charge >= 0.3 is 6.18 Å². The molecule has 0 rings (SSSR count). The molecule has 8 heteroatoms. The highest BCUT2D eigenvalue weighted by molar-refractivity contribution is 7.91. The summed E-state index contributed by atoms with van der Waals surface area (Å²) in [6, 6.07) is 0. The van der Waals surface area contributed by atoms with Crippen LogP contribution in [0.4, 0.5) is 13.2 Å². The summed E-state index contributed by atoms with van der Waals surface area (Å²) >= 11 is 5.39. The van der Waals surface area contributed by atoms with Crippen LogP contribution in [0.1, 0.15) is 13.3 Å². The minimum absolute atomic E-state index is 0.0157. The summed E-state index contributed by atoms with van der Waals surface area (Å²) in [7, 11) is -3.11. The molecule has 0 heterocycles. The summed E-state index contributed by atoms with van der Waals surface area (Å²) in [6.07, 6.45) is -4.08. The van der Waals surface area contributed by atoms with Crippen LogP contribution in [0, 0.1) is 0 Å². The molecule has 0 radical (unpaired) electrons. The van der Waals surface area contributed by atoms with Gasteiger partial charge in [0, 0.05) is 18.2 Å². The summed E-state index contributed by atoms with van der Waals surface area (Å²) in [4.78, 5) is 1.12. The van der Waals surface area contributed by atoms with E-state index in [1.54, 1.807) is 0 Å². The van der Waals surface area contributed by atoms with E-state index in [9.17, 15) is 21.6 Å². The number of hydrogen-bond donors (Lipinski definition) is 0. The second-order valence-electron chi connectivity index (χ2n) is 3.67. The molecule has 0 aromatic rings. The third-order valence-electron chi connectivity index (χ3n) is 2.17. The van der Waals surface area contributed by atoms with Crippen LogP contribution in [-0.2, 0) is 9.84 Å². The lowest BCUT2D eigenvalue weighted by molar-refractivity contribution is -0.145. The fourth-order valence-corrected chi connectivity index (χ4v) is 2.39. The average molecular weight is 296 g/mol. The van der Waals surface area contributed by atoms with Crippen LogP contribution in [0.25, 0.3) is 0 Å². The van der Waals surface area contributed by atoms with Gasteiger partial charge in [-0.3, -0.25) is 4.90 Å². The molecule has 0 saturated heterocycles. The maximum Gasteiger partial charge on any atom is 0.401 e. The van der Waals surface area contributed by atoms with E-state index in [0.29, 0.717) is 0 Å². The van der Waals surface area contributed by atoms with Crippen LogP contribution >= 0.6 is 11.6 Å². The molecule has 0 atom stereocenters. The zero-order chi connectivity index (χ0) is 13.5. The lowest BCUT2D eigenvalue weighted by Gasteiger charge is -2.22. The van der Waals surface area contributed by atoms with Crippen LogP contribution in [0.15, 0.2) is 0 Å². The van der Waals surface area contributed by atoms with Crippen LogP contribution in [0.2, 0.25) is 0 Å². The van der Waals surface area contributed by atoms with E-state index in [0.717, 1.165) is 4.90 Å². The molecular weight excluding hydrogens is 279 g/mol. The summed E-state index contributed by atoms with van der Waals surface area (Å²) in [6.45, 7) is 0.659. The number of rotatable bonds is 8. The molecule has 17 heavy (non-hydrogen) atoms. The molecule has 104 valence electrons. The Labute approximate surface area is 105 Å². The second-order valence-corrected chi connectivity index (χ2v) is 6.52. The maximum absolute atomic E-state index is 12.2. The molecule has 0 aliphatic heterocycles. The standard InChI is InChI=1S/C9H17ClF3NO2S/c1-2-17(15,16)7-3-5-14(6-4-10)8-9(11,12)13/h2-8H2,1H3. The monoisotopic (exact) mass is 295 g/mol. The summed E-state index contributed by atoms with van der Waals surface area (Å²) < 4.78 is 58.8. The predicted molar refractivity (Wildman–Crippen MR) is 62.2 cm³/mol.